The smallest absolute Gasteiger partial charge is 0.191 e. The third-order valence-corrected chi connectivity index (χ3v) is 6.10. The summed E-state index contributed by atoms with van der Waals surface area (Å²) in [4.78, 5) is 8.63. The summed E-state index contributed by atoms with van der Waals surface area (Å²) < 4.78 is 0.346. The van der Waals surface area contributed by atoms with Crippen molar-refractivity contribution >= 4 is 41.7 Å². The molecule has 1 fully saturated rings. The van der Waals surface area contributed by atoms with Crippen LogP contribution < -0.4 is 10.6 Å². The van der Waals surface area contributed by atoms with E-state index < -0.39 is 0 Å². The summed E-state index contributed by atoms with van der Waals surface area (Å²) in [6.45, 7) is 8.69. The summed E-state index contributed by atoms with van der Waals surface area (Å²) in [6.07, 6.45) is 6.41. The molecule has 2 atom stereocenters. The monoisotopic (exact) mass is 462 g/mol. The van der Waals surface area contributed by atoms with E-state index in [1.54, 1.807) is 0 Å². The summed E-state index contributed by atoms with van der Waals surface area (Å²) in [5.74, 6) is 3.15. The SMILES string of the molecule is CN=C(NCC(c1cccnc1)C(C)C)NCC1(C)CCCS1.I. The van der Waals surface area contributed by atoms with Gasteiger partial charge in [-0.05, 0) is 43.1 Å². The van der Waals surface area contributed by atoms with E-state index in [4.69, 9.17) is 0 Å². The summed E-state index contributed by atoms with van der Waals surface area (Å²) in [7, 11) is 1.84. The molecule has 1 aliphatic heterocycles. The van der Waals surface area contributed by atoms with Crippen molar-refractivity contribution in [2.45, 2.75) is 44.3 Å². The molecule has 0 spiro atoms. The first-order valence-electron chi connectivity index (χ1n) is 8.52. The molecular weight excluding hydrogens is 431 g/mol. The van der Waals surface area contributed by atoms with Gasteiger partial charge in [-0.3, -0.25) is 9.98 Å². The van der Waals surface area contributed by atoms with Crippen LogP contribution in [0.3, 0.4) is 0 Å². The maximum Gasteiger partial charge on any atom is 0.191 e. The number of aromatic nitrogens is 1. The van der Waals surface area contributed by atoms with Crippen molar-refractivity contribution < 1.29 is 0 Å². The van der Waals surface area contributed by atoms with Gasteiger partial charge in [-0.1, -0.05) is 19.9 Å². The van der Waals surface area contributed by atoms with E-state index in [-0.39, 0.29) is 24.0 Å². The first-order valence-corrected chi connectivity index (χ1v) is 9.51. The molecule has 0 bridgehead atoms. The topological polar surface area (TPSA) is 49.3 Å². The largest absolute Gasteiger partial charge is 0.356 e. The second-order valence-electron chi connectivity index (χ2n) is 6.85. The minimum Gasteiger partial charge on any atom is -0.356 e. The average Bonchev–Trinajstić information content (AvgIpc) is 2.98. The second-order valence-corrected chi connectivity index (χ2v) is 8.53. The molecule has 1 aliphatic rings. The number of hydrogen-bond acceptors (Lipinski definition) is 3. The van der Waals surface area contributed by atoms with Gasteiger partial charge in [-0.15, -0.1) is 24.0 Å². The van der Waals surface area contributed by atoms with Gasteiger partial charge in [0.25, 0.3) is 0 Å². The zero-order chi connectivity index (χ0) is 16.7. The number of rotatable bonds is 6. The van der Waals surface area contributed by atoms with Gasteiger partial charge in [0.1, 0.15) is 0 Å². The molecule has 1 aromatic heterocycles. The molecule has 136 valence electrons. The van der Waals surface area contributed by atoms with E-state index >= 15 is 0 Å². The van der Waals surface area contributed by atoms with E-state index in [2.05, 4.69) is 59.2 Å². The van der Waals surface area contributed by atoms with Crippen LogP contribution in [0.5, 0.6) is 0 Å². The molecule has 2 heterocycles. The van der Waals surface area contributed by atoms with Crippen LogP contribution in [0.25, 0.3) is 0 Å². The fourth-order valence-electron chi connectivity index (χ4n) is 3.01. The number of guanidine groups is 1. The maximum absolute atomic E-state index is 4.37. The predicted octanol–water partition coefficient (Wildman–Crippen LogP) is 3.89. The van der Waals surface area contributed by atoms with Gasteiger partial charge in [0, 0.05) is 43.2 Å². The van der Waals surface area contributed by atoms with Crippen LogP contribution in [0.1, 0.15) is 45.1 Å². The Labute approximate surface area is 168 Å². The Bertz CT molecular complexity index is 501. The quantitative estimate of drug-likeness (QED) is 0.383. The molecule has 6 heteroatoms. The van der Waals surface area contributed by atoms with Gasteiger partial charge in [0.15, 0.2) is 5.96 Å². The number of hydrogen-bond donors (Lipinski definition) is 2. The third-order valence-electron chi connectivity index (χ3n) is 4.56. The molecule has 1 aromatic rings. The molecular formula is C18H31IN4S. The Hall–Kier alpha value is -0.500. The van der Waals surface area contributed by atoms with E-state index in [0.29, 0.717) is 16.6 Å². The van der Waals surface area contributed by atoms with E-state index in [0.717, 1.165) is 19.0 Å². The molecule has 4 nitrogen and oxygen atoms in total. The molecule has 24 heavy (non-hydrogen) atoms. The highest BCUT2D eigenvalue weighted by Crippen LogP contribution is 2.36. The molecule has 0 amide bonds. The highest BCUT2D eigenvalue weighted by molar-refractivity contribution is 14.0. The molecule has 0 radical (unpaired) electrons. The minimum absolute atomic E-state index is 0. The van der Waals surface area contributed by atoms with Crippen LogP contribution in [0.4, 0.5) is 0 Å². The molecule has 2 N–H and O–H groups in total. The Morgan fingerprint density at radius 1 is 1.42 bits per heavy atom. The lowest BCUT2D eigenvalue weighted by atomic mass is 9.89. The van der Waals surface area contributed by atoms with Crippen molar-refractivity contribution in [1.82, 2.24) is 15.6 Å². The van der Waals surface area contributed by atoms with Gasteiger partial charge < -0.3 is 10.6 Å². The minimum atomic E-state index is 0. The first kappa shape index (κ1) is 21.5. The van der Waals surface area contributed by atoms with Crippen molar-refractivity contribution in [2.75, 3.05) is 25.9 Å². The zero-order valence-electron chi connectivity index (χ0n) is 15.2. The molecule has 2 unspecified atom stereocenters. The average molecular weight is 462 g/mol. The lowest BCUT2D eigenvalue weighted by Gasteiger charge is -2.26. The van der Waals surface area contributed by atoms with Crippen LogP contribution in [-0.4, -0.2) is 41.6 Å². The van der Waals surface area contributed by atoms with Crippen molar-refractivity contribution in [3.63, 3.8) is 0 Å². The Balaban J connectivity index is 0.00000288. The molecule has 0 aliphatic carbocycles. The van der Waals surface area contributed by atoms with Crippen molar-refractivity contribution in [3.8, 4) is 0 Å². The van der Waals surface area contributed by atoms with Crippen LogP contribution in [0.15, 0.2) is 29.5 Å². The van der Waals surface area contributed by atoms with E-state index in [9.17, 15) is 0 Å². The molecule has 1 saturated heterocycles. The normalized spacial score (nSPS) is 22.1. The van der Waals surface area contributed by atoms with E-state index in [1.807, 2.05) is 25.5 Å². The van der Waals surface area contributed by atoms with Gasteiger partial charge in [-0.2, -0.15) is 11.8 Å². The van der Waals surface area contributed by atoms with Gasteiger partial charge in [0.05, 0.1) is 0 Å². The van der Waals surface area contributed by atoms with Crippen LogP contribution >= 0.6 is 35.7 Å². The molecule has 0 saturated carbocycles. The fraction of sp³-hybridized carbons (Fsp3) is 0.667. The Morgan fingerprint density at radius 3 is 2.75 bits per heavy atom. The summed E-state index contributed by atoms with van der Waals surface area (Å²) in [5, 5.41) is 6.99. The summed E-state index contributed by atoms with van der Waals surface area (Å²) in [6, 6.07) is 4.17. The van der Waals surface area contributed by atoms with Crippen LogP contribution in [-0.2, 0) is 0 Å². The lowest BCUT2D eigenvalue weighted by molar-refractivity contribution is 0.485. The standard InChI is InChI=1S/C18H30N4S.HI/c1-14(2)16(15-7-5-9-20-11-15)12-21-17(19-4)22-13-18(3)8-6-10-23-18;/h5,7,9,11,14,16H,6,8,10,12-13H2,1-4H3,(H2,19,21,22);1H. The fourth-order valence-corrected chi connectivity index (χ4v) is 4.25. The lowest BCUT2D eigenvalue weighted by Crippen LogP contribution is -2.45. The van der Waals surface area contributed by atoms with Crippen molar-refractivity contribution in [3.05, 3.63) is 30.1 Å². The Kier molecular flexibility index (Phi) is 9.41. The van der Waals surface area contributed by atoms with Gasteiger partial charge in [0.2, 0.25) is 0 Å². The van der Waals surface area contributed by atoms with Gasteiger partial charge >= 0.3 is 0 Å². The van der Waals surface area contributed by atoms with Crippen molar-refractivity contribution in [2.24, 2.45) is 10.9 Å². The molecule has 0 aromatic carbocycles. The number of nitrogens with zero attached hydrogens (tertiary/aromatic N) is 2. The summed E-state index contributed by atoms with van der Waals surface area (Å²) in [5.41, 5.74) is 1.28. The van der Waals surface area contributed by atoms with Gasteiger partial charge in [-0.25, -0.2) is 0 Å². The number of thioether (sulfide) groups is 1. The van der Waals surface area contributed by atoms with Crippen molar-refractivity contribution in [1.29, 1.82) is 0 Å². The highest BCUT2D eigenvalue weighted by atomic mass is 127. The van der Waals surface area contributed by atoms with Crippen LogP contribution in [0.2, 0.25) is 0 Å². The zero-order valence-corrected chi connectivity index (χ0v) is 18.4. The number of aliphatic imine (C=N–C) groups is 1. The second kappa shape index (κ2) is 10.5. The maximum atomic E-state index is 4.37. The van der Waals surface area contributed by atoms with Crippen LogP contribution in [0, 0.1) is 5.92 Å². The highest BCUT2D eigenvalue weighted by Gasteiger charge is 2.29. The third kappa shape index (κ3) is 6.43. The summed E-state index contributed by atoms with van der Waals surface area (Å²) >= 11 is 2.07. The molecule has 2 rings (SSSR count). The number of nitrogens with one attached hydrogen (secondary N) is 2. The first-order chi connectivity index (χ1) is 11.0. The van der Waals surface area contributed by atoms with E-state index in [1.165, 1.54) is 24.2 Å². The number of pyridine rings is 1. The Morgan fingerprint density at radius 2 is 2.21 bits per heavy atom. The number of halogens is 1. The predicted molar refractivity (Wildman–Crippen MR) is 117 cm³/mol.